The van der Waals surface area contributed by atoms with Gasteiger partial charge in [0.05, 0.1) is 30.1 Å². The lowest BCUT2D eigenvalue weighted by Gasteiger charge is -2.10. The van der Waals surface area contributed by atoms with Gasteiger partial charge in [0.2, 0.25) is 11.8 Å². The monoisotopic (exact) mass is 390 g/mol. The third-order valence-corrected chi connectivity index (χ3v) is 4.32. The number of H-pyrrole nitrogens is 1. The van der Waals surface area contributed by atoms with E-state index in [1.54, 1.807) is 30.6 Å². The van der Waals surface area contributed by atoms with Gasteiger partial charge in [-0.3, -0.25) is 19.6 Å². The van der Waals surface area contributed by atoms with Crippen LogP contribution in [0.5, 0.6) is 5.88 Å². The van der Waals surface area contributed by atoms with E-state index in [0.717, 1.165) is 5.56 Å². The van der Waals surface area contributed by atoms with Crippen LogP contribution in [-0.2, 0) is 13.1 Å². The van der Waals surface area contributed by atoms with Gasteiger partial charge in [0.15, 0.2) is 0 Å². The minimum Gasteiger partial charge on any atom is -0.480 e. The maximum absolute atomic E-state index is 12.8. The van der Waals surface area contributed by atoms with Gasteiger partial charge in [-0.15, -0.1) is 5.10 Å². The molecule has 0 aliphatic heterocycles. The van der Waals surface area contributed by atoms with Crippen molar-refractivity contribution in [3.05, 3.63) is 86.8 Å². The van der Waals surface area contributed by atoms with Crippen molar-refractivity contribution in [1.82, 2.24) is 24.7 Å². The third kappa shape index (κ3) is 3.98. The van der Waals surface area contributed by atoms with Gasteiger partial charge in [0, 0.05) is 25.0 Å². The quantitative estimate of drug-likeness (QED) is 0.513. The Kier molecular flexibility index (Phi) is 5.02. The van der Waals surface area contributed by atoms with Crippen LogP contribution in [0.15, 0.2) is 64.4 Å². The lowest BCUT2D eigenvalue weighted by molar-refractivity contribution is 0.385. The van der Waals surface area contributed by atoms with Gasteiger partial charge in [-0.1, -0.05) is 18.2 Å². The number of aromatic amines is 1. The maximum atomic E-state index is 12.8. The topological polar surface area (TPSA) is 115 Å². The molecule has 9 nitrogen and oxygen atoms in total. The second-order valence-electron chi connectivity index (χ2n) is 6.32. The lowest BCUT2D eigenvalue weighted by atomic mass is 10.2. The molecule has 2 N–H and O–H groups in total. The summed E-state index contributed by atoms with van der Waals surface area (Å²) in [6.45, 7) is 0.480. The van der Waals surface area contributed by atoms with E-state index in [1.165, 1.54) is 17.9 Å². The summed E-state index contributed by atoms with van der Waals surface area (Å²) in [5, 5.41) is 8.44. The van der Waals surface area contributed by atoms with Crippen LogP contribution in [0.3, 0.4) is 0 Å². The highest BCUT2D eigenvalue weighted by Crippen LogP contribution is 2.19. The Morgan fingerprint density at radius 2 is 1.97 bits per heavy atom. The van der Waals surface area contributed by atoms with Gasteiger partial charge in [0.1, 0.15) is 0 Å². The Morgan fingerprint density at radius 3 is 2.72 bits per heavy atom. The highest BCUT2D eigenvalue weighted by Gasteiger charge is 2.12. The van der Waals surface area contributed by atoms with Crippen molar-refractivity contribution < 1.29 is 4.74 Å². The van der Waals surface area contributed by atoms with Crippen LogP contribution in [0, 0.1) is 0 Å². The first kappa shape index (κ1) is 18.4. The minimum absolute atomic E-state index is 0.0333. The Balaban J connectivity index is 1.64. The maximum Gasteiger partial charge on any atom is 0.275 e. The van der Waals surface area contributed by atoms with Gasteiger partial charge in [-0.05, 0) is 23.8 Å². The SMILES string of the molecule is COc1nn(Cc2cc(=O)[nH]c(NCc3cccnc3)n2)c(=O)c2ccccc12. The number of nitrogens with one attached hydrogen (secondary N) is 2. The van der Waals surface area contributed by atoms with Crippen molar-refractivity contribution >= 4 is 16.7 Å². The van der Waals surface area contributed by atoms with Crippen molar-refractivity contribution in [2.24, 2.45) is 0 Å². The molecule has 4 rings (SSSR count). The summed E-state index contributed by atoms with van der Waals surface area (Å²) in [4.78, 5) is 35.9. The molecule has 0 bridgehead atoms. The molecule has 3 heterocycles. The zero-order chi connectivity index (χ0) is 20.2. The Labute approximate surface area is 165 Å². The van der Waals surface area contributed by atoms with Crippen LogP contribution >= 0.6 is 0 Å². The molecule has 0 unspecified atom stereocenters. The summed E-state index contributed by atoms with van der Waals surface area (Å²) in [5.41, 5.74) is 0.727. The number of aromatic nitrogens is 5. The Bertz CT molecular complexity index is 1270. The standard InChI is InChI=1S/C20H18N6O3/c1-29-18-15-6-2-3-7-16(15)19(28)26(25-18)12-14-9-17(27)24-20(23-14)22-11-13-5-4-8-21-10-13/h2-10H,11-12H2,1H3,(H2,22,23,24,27). The second-order valence-corrected chi connectivity index (χ2v) is 6.32. The van der Waals surface area contributed by atoms with E-state index < -0.39 is 0 Å². The number of hydrogen-bond acceptors (Lipinski definition) is 7. The van der Waals surface area contributed by atoms with E-state index in [-0.39, 0.29) is 17.7 Å². The molecule has 0 aliphatic carbocycles. The van der Waals surface area contributed by atoms with Gasteiger partial charge in [-0.2, -0.15) is 0 Å². The fraction of sp³-hybridized carbons (Fsp3) is 0.150. The van der Waals surface area contributed by atoms with Gasteiger partial charge in [-0.25, -0.2) is 9.67 Å². The van der Waals surface area contributed by atoms with E-state index in [1.807, 2.05) is 18.2 Å². The molecule has 9 heteroatoms. The number of fused-ring (bicyclic) bond motifs is 1. The summed E-state index contributed by atoms with van der Waals surface area (Å²) in [7, 11) is 1.50. The van der Waals surface area contributed by atoms with E-state index in [4.69, 9.17) is 4.74 Å². The average Bonchev–Trinajstić information content (AvgIpc) is 2.75. The predicted octanol–water partition coefficient (Wildman–Crippen LogP) is 1.54. The summed E-state index contributed by atoms with van der Waals surface area (Å²) in [6, 6.07) is 12.2. The predicted molar refractivity (Wildman–Crippen MR) is 108 cm³/mol. The summed E-state index contributed by atoms with van der Waals surface area (Å²) in [5.74, 6) is 0.636. The van der Waals surface area contributed by atoms with Crippen LogP contribution in [0.25, 0.3) is 10.8 Å². The summed E-state index contributed by atoms with van der Waals surface area (Å²) < 4.78 is 6.56. The summed E-state index contributed by atoms with van der Waals surface area (Å²) in [6.07, 6.45) is 3.41. The van der Waals surface area contributed by atoms with Crippen LogP contribution < -0.4 is 21.2 Å². The van der Waals surface area contributed by atoms with Crippen molar-refractivity contribution in [3.63, 3.8) is 0 Å². The molecule has 1 aromatic carbocycles. The van der Waals surface area contributed by atoms with Crippen LogP contribution in [-0.4, -0.2) is 31.8 Å². The molecule has 0 spiro atoms. The zero-order valence-electron chi connectivity index (χ0n) is 15.6. The highest BCUT2D eigenvalue weighted by molar-refractivity contribution is 5.85. The molecule has 146 valence electrons. The number of hydrogen-bond donors (Lipinski definition) is 2. The first-order valence-corrected chi connectivity index (χ1v) is 8.91. The van der Waals surface area contributed by atoms with Crippen molar-refractivity contribution in [3.8, 4) is 5.88 Å². The molecular formula is C20H18N6O3. The molecule has 0 amide bonds. The van der Waals surface area contributed by atoms with Gasteiger partial charge >= 0.3 is 0 Å². The summed E-state index contributed by atoms with van der Waals surface area (Å²) >= 11 is 0. The number of pyridine rings is 1. The van der Waals surface area contributed by atoms with E-state index in [0.29, 0.717) is 34.8 Å². The molecule has 0 atom stereocenters. The van der Waals surface area contributed by atoms with Gasteiger partial charge in [0.25, 0.3) is 11.1 Å². The largest absolute Gasteiger partial charge is 0.480 e. The second kappa shape index (κ2) is 7.93. The van der Waals surface area contributed by atoms with Gasteiger partial charge < -0.3 is 10.1 Å². The molecular weight excluding hydrogens is 372 g/mol. The molecule has 0 radical (unpaired) electrons. The Hall–Kier alpha value is -4.01. The minimum atomic E-state index is -0.329. The van der Waals surface area contributed by atoms with E-state index in [9.17, 15) is 9.59 Å². The molecule has 0 saturated carbocycles. The van der Waals surface area contributed by atoms with Crippen LogP contribution in [0.1, 0.15) is 11.3 Å². The molecule has 3 aromatic heterocycles. The lowest BCUT2D eigenvalue weighted by Crippen LogP contribution is -2.26. The molecule has 29 heavy (non-hydrogen) atoms. The highest BCUT2D eigenvalue weighted by atomic mass is 16.5. The smallest absolute Gasteiger partial charge is 0.275 e. The number of rotatable bonds is 6. The average molecular weight is 390 g/mol. The number of methoxy groups -OCH3 is 1. The molecule has 0 saturated heterocycles. The van der Waals surface area contributed by atoms with Crippen LogP contribution in [0.4, 0.5) is 5.95 Å². The zero-order valence-corrected chi connectivity index (χ0v) is 15.6. The Morgan fingerprint density at radius 1 is 1.14 bits per heavy atom. The van der Waals surface area contributed by atoms with Crippen LogP contribution in [0.2, 0.25) is 0 Å². The first-order valence-electron chi connectivity index (χ1n) is 8.91. The van der Waals surface area contributed by atoms with Crippen molar-refractivity contribution in [1.29, 1.82) is 0 Å². The molecule has 0 fully saturated rings. The first-order chi connectivity index (χ1) is 14.1. The number of benzene rings is 1. The molecule has 0 aliphatic rings. The van der Waals surface area contributed by atoms with E-state index >= 15 is 0 Å². The van der Waals surface area contributed by atoms with Crippen molar-refractivity contribution in [2.45, 2.75) is 13.1 Å². The fourth-order valence-electron chi connectivity index (χ4n) is 2.98. The fourth-order valence-corrected chi connectivity index (χ4v) is 2.98. The normalized spacial score (nSPS) is 10.8. The number of anilines is 1. The number of ether oxygens (including phenoxy) is 1. The number of nitrogens with zero attached hydrogens (tertiary/aromatic N) is 4. The van der Waals surface area contributed by atoms with E-state index in [2.05, 4.69) is 25.4 Å². The van der Waals surface area contributed by atoms with Crippen molar-refractivity contribution in [2.75, 3.05) is 12.4 Å². The third-order valence-electron chi connectivity index (χ3n) is 4.32. The molecule has 4 aromatic rings.